The Morgan fingerprint density at radius 3 is 3.06 bits per heavy atom. The summed E-state index contributed by atoms with van der Waals surface area (Å²) in [4.78, 5) is 11.5. The molecule has 1 rings (SSSR count). The van der Waals surface area contributed by atoms with Crippen molar-refractivity contribution in [2.75, 3.05) is 32.2 Å². The first-order valence-corrected chi connectivity index (χ1v) is 4.97. The topological polar surface area (TPSA) is 89.2 Å². The first-order chi connectivity index (χ1) is 8.19. The van der Waals surface area contributed by atoms with Gasteiger partial charge in [-0.1, -0.05) is 0 Å². The Kier molecular flexibility index (Phi) is 5.13. The summed E-state index contributed by atoms with van der Waals surface area (Å²) in [5, 5.41) is 15.2. The Morgan fingerprint density at radius 1 is 1.65 bits per heavy atom. The highest BCUT2D eigenvalue weighted by Crippen LogP contribution is 2.11. The van der Waals surface area contributed by atoms with Gasteiger partial charge in [0.1, 0.15) is 24.1 Å². The van der Waals surface area contributed by atoms with Crippen LogP contribution in [0.15, 0.2) is 6.20 Å². The van der Waals surface area contributed by atoms with Crippen LogP contribution >= 0.6 is 0 Å². The van der Waals surface area contributed by atoms with Crippen molar-refractivity contribution in [3.05, 3.63) is 11.8 Å². The summed E-state index contributed by atoms with van der Waals surface area (Å²) >= 11 is 0. The predicted molar refractivity (Wildman–Crippen MR) is 59.2 cm³/mol. The molecule has 17 heavy (non-hydrogen) atoms. The molecule has 0 spiro atoms. The number of carbonyl (C=O) groups excluding carboxylic acids is 1. The fourth-order valence-corrected chi connectivity index (χ4v) is 1.14. The van der Waals surface area contributed by atoms with Gasteiger partial charge in [-0.05, 0) is 0 Å². The van der Waals surface area contributed by atoms with E-state index in [-0.39, 0.29) is 12.5 Å². The van der Waals surface area contributed by atoms with E-state index in [4.69, 9.17) is 14.7 Å². The summed E-state index contributed by atoms with van der Waals surface area (Å²) in [6.45, 7) is 0.697. The van der Waals surface area contributed by atoms with Gasteiger partial charge < -0.3 is 14.8 Å². The first kappa shape index (κ1) is 13.2. The highest BCUT2D eigenvalue weighted by molar-refractivity contribution is 5.92. The predicted octanol–water partition coefficient (Wildman–Crippen LogP) is -0.107. The number of methoxy groups -OCH3 is 1. The number of carbonyl (C=O) groups is 1. The average Bonchev–Trinajstić information content (AvgIpc) is 2.66. The van der Waals surface area contributed by atoms with Crippen molar-refractivity contribution in [2.45, 2.75) is 0 Å². The van der Waals surface area contributed by atoms with Crippen molar-refractivity contribution in [1.29, 1.82) is 5.26 Å². The van der Waals surface area contributed by atoms with Gasteiger partial charge in [-0.2, -0.15) is 10.4 Å². The number of nitriles is 1. The molecule has 1 amide bonds. The SMILES string of the molecule is COCCOCC(=O)Nc1c(C#N)cnn1C. The van der Waals surface area contributed by atoms with E-state index < -0.39 is 0 Å². The molecule has 1 aromatic rings. The van der Waals surface area contributed by atoms with E-state index in [0.717, 1.165) is 0 Å². The third kappa shape index (κ3) is 3.86. The van der Waals surface area contributed by atoms with E-state index >= 15 is 0 Å². The first-order valence-electron chi connectivity index (χ1n) is 4.97. The lowest BCUT2D eigenvalue weighted by Crippen LogP contribution is -2.21. The molecule has 0 unspecified atom stereocenters. The Labute approximate surface area is 98.9 Å². The van der Waals surface area contributed by atoms with E-state index in [1.165, 1.54) is 10.9 Å². The Balaban J connectivity index is 2.45. The van der Waals surface area contributed by atoms with E-state index in [2.05, 4.69) is 10.4 Å². The van der Waals surface area contributed by atoms with Crippen molar-refractivity contribution in [3.63, 3.8) is 0 Å². The molecule has 0 aliphatic heterocycles. The van der Waals surface area contributed by atoms with Crippen LogP contribution in [0, 0.1) is 11.3 Å². The Hall–Kier alpha value is -1.91. The number of nitrogens with one attached hydrogen (secondary N) is 1. The molecule has 0 bridgehead atoms. The van der Waals surface area contributed by atoms with Gasteiger partial charge in [0.05, 0.1) is 19.4 Å². The molecule has 0 aliphatic carbocycles. The maximum atomic E-state index is 11.5. The highest BCUT2D eigenvalue weighted by atomic mass is 16.5. The lowest BCUT2D eigenvalue weighted by molar-refractivity contribution is -0.121. The summed E-state index contributed by atoms with van der Waals surface area (Å²) < 4.78 is 11.2. The van der Waals surface area contributed by atoms with Crippen LogP contribution in [0.25, 0.3) is 0 Å². The van der Waals surface area contributed by atoms with Crippen molar-refractivity contribution in [3.8, 4) is 6.07 Å². The van der Waals surface area contributed by atoms with Crippen molar-refractivity contribution >= 4 is 11.7 Å². The fraction of sp³-hybridized carbons (Fsp3) is 0.500. The summed E-state index contributed by atoms with van der Waals surface area (Å²) in [7, 11) is 3.19. The van der Waals surface area contributed by atoms with Gasteiger partial charge >= 0.3 is 0 Å². The number of hydrogen-bond donors (Lipinski definition) is 1. The molecular weight excluding hydrogens is 224 g/mol. The molecule has 1 aromatic heterocycles. The van der Waals surface area contributed by atoms with Gasteiger partial charge in [0.25, 0.3) is 5.91 Å². The van der Waals surface area contributed by atoms with Crippen molar-refractivity contribution in [2.24, 2.45) is 7.05 Å². The number of anilines is 1. The number of ether oxygens (including phenoxy) is 2. The van der Waals surface area contributed by atoms with Crippen LogP contribution in [0.1, 0.15) is 5.56 Å². The molecule has 0 saturated heterocycles. The van der Waals surface area contributed by atoms with Crippen LogP contribution in [0.4, 0.5) is 5.82 Å². The van der Waals surface area contributed by atoms with Gasteiger partial charge in [0, 0.05) is 14.2 Å². The third-order valence-electron chi connectivity index (χ3n) is 1.98. The molecule has 1 N–H and O–H groups in total. The van der Waals surface area contributed by atoms with E-state index in [9.17, 15) is 4.79 Å². The normalized spacial score (nSPS) is 9.94. The quantitative estimate of drug-likeness (QED) is 0.699. The number of hydrogen-bond acceptors (Lipinski definition) is 5. The van der Waals surface area contributed by atoms with Gasteiger partial charge in [-0.25, -0.2) is 0 Å². The summed E-state index contributed by atoms with van der Waals surface area (Å²) in [5.74, 6) is 0.0362. The molecule has 92 valence electrons. The standard InChI is InChI=1S/C10H14N4O3/c1-14-10(8(5-11)6-12-14)13-9(15)7-17-4-3-16-2/h6H,3-4,7H2,1-2H3,(H,13,15). The van der Waals surface area contributed by atoms with Crippen LogP contribution in [0.3, 0.4) is 0 Å². The van der Waals surface area contributed by atoms with Crippen LogP contribution < -0.4 is 5.32 Å². The van der Waals surface area contributed by atoms with Crippen molar-refractivity contribution in [1.82, 2.24) is 9.78 Å². The van der Waals surface area contributed by atoms with Crippen LogP contribution in [0.5, 0.6) is 0 Å². The van der Waals surface area contributed by atoms with Gasteiger partial charge in [-0.15, -0.1) is 0 Å². The number of aryl methyl sites for hydroxylation is 1. The second-order valence-corrected chi connectivity index (χ2v) is 3.24. The molecule has 7 nitrogen and oxygen atoms in total. The largest absolute Gasteiger partial charge is 0.382 e. The second-order valence-electron chi connectivity index (χ2n) is 3.24. The second kappa shape index (κ2) is 6.62. The lowest BCUT2D eigenvalue weighted by Gasteiger charge is -2.06. The number of aromatic nitrogens is 2. The molecule has 1 heterocycles. The molecule has 0 atom stereocenters. The molecule has 0 radical (unpaired) electrons. The minimum Gasteiger partial charge on any atom is -0.382 e. The molecular formula is C10H14N4O3. The lowest BCUT2D eigenvalue weighted by atomic mass is 10.3. The van der Waals surface area contributed by atoms with E-state index in [0.29, 0.717) is 24.6 Å². The minimum atomic E-state index is -0.332. The average molecular weight is 238 g/mol. The fourth-order valence-electron chi connectivity index (χ4n) is 1.14. The smallest absolute Gasteiger partial charge is 0.251 e. The minimum absolute atomic E-state index is 0.0839. The summed E-state index contributed by atoms with van der Waals surface area (Å²) in [6, 6.07) is 1.94. The maximum Gasteiger partial charge on any atom is 0.251 e. The molecule has 7 heteroatoms. The number of amides is 1. The summed E-state index contributed by atoms with van der Waals surface area (Å²) in [6.07, 6.45) is 1.39. The zero-order valence-electron chi connectivity index (χ0n) is 9.77. The molecule has 0 fully saturated rings. The summed E-state index contributed by atoms with van der Waals surface area (Å²) in [5.41, 5.74) is 0.317. The number of nitrogens with zero attached hydrogens (tertiary/aromatic N) is 3. The molecule has 0 saturated carbocycles. The van der Waals surface area contributed by atoms with E-state index in [1.54, 1.807) is 14.2 Å². The van der Waals surface area contributed by atoms with Crippen LogP contribution in [-0.4, -0.2) is 42.6 Å². The Morgan fingerprint density at radius 2 is 2.41 bits per heavy atom. The van der Waals surface area contributed by atoms with Crippen molar-refractivity contribution < 1.29 is 14.3 Å². The van der Waals surface area contributed by atoms with Crippen LogP contribution in [0.2, 0.25) is 0 Å². The Bertz CT molecular complexity index is 422. The highest BCUT2D eigenvalue weighted by Gasteiger charge is 2.11. The van der Waals surface area contributed by atoms with Gasteiger partial charge in [0.15, 0.2) is 0 Å². The number of rotatable bonds is 6. The zero-order chi connectivity index (χ0) is 12.7. The molecule has 0 aromatic carbocycles. The monoisotopic (exact) mass is 238 g/mol. The van der Waals surface area contributed by atoms with Gasteiger partial charge in [-0.3, -0.25) is 9.48 Å². The third-order valence-corrected chi connectivity index (χ3v) is 1.98. The zero-order valence-corrected chi connectivity index (χ0v) is 9.77. The van der Waals surface area contributed by atoms with Crippen LogP contribution in [-0.2, 0) is 21.3 Å². The van der Waals surface area contributed by atoms with Gasteiger partial charge in [0.2, 0.25) is 0 Å². The maximum absolute atomic E-state index is 11.5. The van der Waals surface area contributed by atoms with E-state index in [1.807, 2.05) is 6.07 Å². The molecule has 0 aliphatic rings.